The van der Waals surface area contributed by atoms with Crippen molar-refractivity contribution in [3.63, 3.8) is 0 Å². The second kappa shape index (κ2) is 7.97. The van der Waals surface area contributed by atoms with Gasteiger partial charge in [-0.3, -0.25) is 14.4 Å². The number of aromatic nitrogens is 2. The average Bonchev–Trinajstić information content (AvgIpc) is 3.16. The molecule has 6 nitrogen and oxygen atoms in total. The summed E-state index contributed by atoms with van der Waals surface area (Å²) in [5.74, 6) is 1.08. The monoisotopic (exact) mass is 318 g/mol. The number of carbonyl (C=O) groups excluding carboxylic acids is 1. The van der Waals surface area contributed by atoms with Crippen molar-refractivity contribution >= 4 is 5.91 Å². The van der Waals surface area contributed by atoms with Crippen LogP contribution in [0.3, 0.4) is 0 Å². The van der Waals surface area contributed by atoms with Gasteiger partial charge >= 0.3 is 0 Å². The molecule has 0 unspecified atom stereocenters. The molecule has 1 N–H and O–H groups in total. The predicted octanol–water partition coefficient (Wildman–Crippen LogP) is 2.35. The molecule has 23 heavy (non-hydrogen) atoms. The van der Waals surface area contributed by atoms with Crippen LogP contribution >= 0.6 is 0 Å². The van der Waals surface area contributed by atoms with E-state index >= 15 is 0 Å². The van der Waals surface area contributed by atoms with Crippen molar-refractivity contribution in [3.05, 3.63) is 41.1 Å². The lowest BCUT2D eigenvalue weighted by Gasteiger charge is -2.17. The number of hydrogen-bond donors (Lipinski definition) is 1. The number of hydrogen-bond acceptors (Lipinski definition) is 4. The van der Waals surface area contributed by atoms with E-state index in [0.717, 1.165) is 43.1 Å². The third-order valence-electron chi connectivity index (χ3n) is 4.08. The van der Waals surface area contributed by atoms with Crippen molar-refractivity contribution < 1.29 is 9.21 Å². The average molecular weight is 318 g/mol. The van der Waals surface area contributed by atoms with Crippen LogP contribution in [0, 0.1) is 0 Å². The zero-order valence-corrected chi connectivity index (χ0v) is 14.4. The molecular formula is C17H26N4O2. The van der Waals surface area contributed by atoms with Crippen molar-refractivity contribution in [1.82, 2.24) is 20.0 Å². The smallest absolute Gasteiger partial charge is 0.287 e. The van der Waals surface area contributed by atoms with Crippen molar-refractivity contribution in [2.75, 3.05) is 13.1 Å². The molecule has 0 fully saturated rings. The summed E-state index contributed by atoms with van der Waals surface area (Å²) >= 11 is 0. The number of amides is 1. The first-order chi connectivity index (χ1) is 11.1. The third-order valence-corrected chi connectivity index (χ3v) is 4.08. The van der Waals surface area contributed by atoms with E-state index in [9.17, 15) is 4.79 Å². The van der Waals surface area contributed by atoms with Crippen LogP contribution in [0.1, 0.15) is 48.3 Å². The van der Waals surface area contributed by atoms with Gasteiger partial charge < -0.3 is 9.73 Å². The second-order valence-electron chi connectivity index (χ2n) is 5.50. The molecule has 0 saturated heterocycles. The Morgan fingerprint density at radius 2 is 2.09 bits per heavy atom. The molecule has 0 aliphatic rings. The molecule has 0 bridgehead atoms. The van der Waals surface area contributed by atoms with Gasteiger partial charge in [0.05, 0.1) is 12.2 Å². The van der Waals surface area contributed by atoms with Crippen molar-refractivity contribution in [2.45, 2.75) is 40.3 Å². The topological polar surface area (TPSA) is 63.3 Å². The zero-order chi connectivity index (χ0) is 16.8. The Morgan fingerprint density at radius 3 is 2.65 bits per heavy atom. The van der Waals surface area contributed by atoms with Crippen LogP contribution < -0.4 is 5.32 Å². The quantitative estimate of drug-likeness (QED) is 0.811. The van der Waals surface area contributed by atoms with E-state index in [0.29, 0.717) is 12.3 Å². The van der Waals surface area contributed by atoms with Gasteiger partial charge in [-0.15, -0.1) is 0 Å². The predicted molar refractivity (Wildman–Crippen MR) is 89.1 cm³/mol. The van der Waals surface area contributed by atoms with E-state index in [4.69, 9.17) is 4.42 Å². The van der Waals surface area contributed by atoms with Crippen molar-refractivity contribution in [1.29, 1.82) is 0 Å². The van der Waals surface area contributed by atoms with Crippen LogP contribution in [0.5, 0.6) is 0 Å². The molecule has 0 spiro atoms. The molecule has 0 atom stereocenters. The largest absolute Gasteiger partial charge is 0.456 e. The fraction of sp³-hybridized carbons (Fsp3) is 0.529. The number of furan rings is 1. The highest BCUT2D eigenvalue weighted by Gasteiger charge is 2.17. The fourth-order valence-corrected chi connectivity index (χ4v) is 2.53. The van der Waals surface area contributed by atoms with Crippen LogP contribution in [-0.2, 0) is 26.6 Å². The molecule has 6 heteroatoms. The molecule has 0 aliphatic carbocycles. The molecule has 0 aliphatic heterocycles. The molecule has 2 aromatic heterocycles. The molecule has 2 rings (SSSR count). The Labute approximate surface area is 137 Å². The Balaban J connectivity index is 2.05. The molecule has 0 radical (unpaired) electrons. The lowest BCUT2D eigenvalue weighted by molar-refractivity contribution is 0.0920. The highest BCUT2D eigenvalue weighted by Crippen LogP contribution is 2.18. The molecule has 2 heterocycles. The van der Waals surface area contributed by atoms with Crippen molar-refractivity contribution in [2.24, 2.45) is 7.05 Å². The maximum atomic E-state index is 12.3. The Bertz CT molecular complexity index is 641. The van der Waals surface area contributed by atoms with Gasteiger partial charge in [-0.1, -0.05) is 20.8 Å². The number of carbonyl (C=O) groups is 1. The summed E-state index contributed by atoms with van der Waals surface area (Å²) in [5.41, 5.74) is 2.05. The number of nitrogens with one attached hydrogen (secondary N) is 1. The zero-order valence-electron chi connectivity index (χ0n) is 14.4. The molecular weight excluding hydrogens is 292 g/mol. The summed E-state index contributed by atoms with van der Waals surface area (Å²) in [7, 11) is 1.85. The van der Waals surface area contributed by atoms with Gasteiger partial charge in [0, 0.05) is 31.8 Å². The normalized spacial score (nSPS) is 11.2. The highest BCUT2D eigenvalue weighted by molar-refractivity contribution is 5.91. The summed E-state index contributed by atoms with van der Waals surface area (Å²) in [5, 5.41) is 6.97. The first-order valence-corrected chi connectivity index (χ1v) is 8.17. The van der Waals surface area contributed by atoms with Crippen LogP contribution in [0.25, 0.3) is 0 Å². The minimum Gasteiger partial charge on any atom is -0.456 e. The maximum Gasteiger partial charge on any atom is 0.287 e. The molecule has 1 amide bonds. The minimum atomic E-state index is -0.188. The van der Waals surface area contributed by atoms with Gasteiger partial charge in [0.2, 0.25) is 0 Å². The number of nitrogens with zero attached hydrogens (tertiary/aromatic N) is 3. The lowest BCUT2D eigenvalue weighted by Crippen LogP contribution is -2.24. The molecule has 126 valence electrons. The summed E-state index contributed by atoms with van der Waals surface area (Å²) in [4.78, 5) is 14.6. The van der Waals surface area contributed by atoms with Crippen LogP contribution in [0.4, 0.5) is 0 Å². The number of aryl methyl sites for hydroxylation is 2. The number of rotatable bonds is 8. The van der Waals surface area contributed by atoms with E-state index in [1.807, 2.05) is 26.1 Å². The Hall–Kier alpha value is -2.08. The minimum absolute atomic E-state index is 0.188. The second-order valence-corrected chi connectivity index (χ2v) is 5.50. The maximum absolute atomic E-state index is 12.3. The van der Waals surface area contributed by atoms with Gasteiger partial charge in [-0.2, -0.15) is 5.10 Å². The van der Waals surface area contributed by atoms with Crippen LogP contribution in [-0.4, -0.2) is 33.7 Å². The van der Waals surface area contributed by atoms with E-state index in [2.05, 4.69) is 29.2 Å². The molecule has 2 aromatic rings. The van der Waals surface area contributed by atoms with Gasteiger partial charge in [0.15, 0.2) is 5.76 Å². The third kappa shape index (κ3) is 4.22. The van der Waals surface area contributed by atoms with Gasteiger partial charge in [0.1, 0.15) is 5.76 Å². The van der Waals surface area contributed by atoms with Gasteiger partial charge in [-0.05, 0) is 25.2 Å². The summed E-state index contributed by atoms with van der Waals surface area (Å²) in [6.07, 6.45) is 2.50. The van der Waals surface area contributed by atoms with E-state index in [-0.39, 0.29) is 5.91 Å². The summed E-state index contributed by atoms with van der Waals surface area (Å²) < 4.78 is 7.50. The van der Waals surface area contributed by atoms with Crippen molar-refractivity contribution in [3.8, 4) is 0 Å². The van der Waals surface area contributed by atoms with E-state index < -0.39 is 0 Å². The summed E-state index contributed by atoms with van der Waals surface area (Å²) in [6.45, 7) is 9.52. The van der Waals surface area contributed by atoms with Gasteiger partial charge in [-0.25, -0.2) is 0 Å². The first-order valence-electron chi connectivity index (χ1n) is 8.17. The SMILES string of the molecule is CCc1oc(C(=O)NCc2ccnn2C)cc1CN(CC)CC. The summed E-state index contributed by atoms with van der Waals surface area (Å²) in [6, 6.07) is 3.75. The highest BCUT2D eigenvalue weighted by atomic mass is 16.4. The van der Waals surface area contributed by atoms with Gasteiger partial charge in [0.25, 0.3) is 5.91 Å². The Kier molecular flexibility index (Phi) is 5.98. The lowest BCUT2D eigenvalue weighted by atomic mass is 10.2. The van der Waals surface area contributed by atoms with E-state index in [1.54, 1.807) is 10.9 Å². The standard InChI is InChI=1S/C17H26N4O2/c1-5-15-13(12-21(6-2)7-3)10-16(23-15)17(22)18-11-14-8-9-19-20(14)4/h8-10H,5-7,11-12H2,1-4H3,(H,18,22). The fourth-order valence-electron chi connectivity index (χ4n) is 2.53. The molecule has 0 saturated carbocycles. The molecule has 0 aromatic carbocycles. The first kappa shape index (κ1) is 17.3. The van der Waals surface area contributed by atoms with Crippen LogP contribution in [0.2, 0.25) is 0 Å². The Morgan fingerprint density at radius 1 is 1.35 bits per heavy atom. The van der Waals surface area contributed by atoms with E-state index in [1.165, 1.54) is 0 Å². The van der Waals surface area contributed by atoms with Crippen LogP contribution in [0.15, 0.2) is 22.7 Å².